The number of alkyl carbamates (subject to hydrolysis) is 2. The van der Waals surface area contributed by atoms with Gasteiger partial charge in [0.25, 0.3) is 0 Å². The van der Waals surface area contributed by atoms with Gasteiger partial charge in [0, 0.05) is 12.1 Å². The first-order valence-electron chi connectivity index (χ1n) is 23.5. The molecule has 14 heteroatoms. The molecule has 4 N–H and O–H groups in total. The van der Waals surface area contributed by atoms with Crippen molar-refractivity contribution in [2.75, 3.05) is 14.2 Å². The lowest BCUT2D eigenvalue weighted by Gasteiger charge is -2.37. The van der Waals surface area contributed by atoms with Crippen molar-refractivity contribution in [3.05, 3.63) is 95.6 Å². The van der Waals surface area contributed by atoms with Crippen LogP contribution in [0.4, 0.5) is 9.59 Å². The van der Waals surface area contributed by atoms with Gasteiger partial charge in [-0.1, -0.05) is 76.2 Å². The number of hydrogen-bond acceptors (Lipinski definition) is 8. The van der Waals surface area contributed by atoms with Crippen molar-refractivity contribution < 1.29 is 28.7 Å². The van der Waals surface area contributed by atoms with Gasteiger partial charge in [-0.2, -0.15) is 0 Å². The summed E-state index contributed by atoms with van der Waals surface area (Å²) in [5.74, 6) is 1.84. The van der Waals surface area contributed by atoms with E-state index in [1.165, 1.54) is 14.2 Å². The summed E-state index contributed by atoms with van der Waals surface area (Å²) in [5.41, 5.74) is 10.1. The van der Waals surface area contributed by atoms with E-state index >= 15 is 0 Å². The number of amides is 4. The van der Waals surface area contributed by atoms with E-state index in [1.54, 1.807) is 0 Å². The maximum absolute atomic E-state index is 14.0. The number of benzene rings is 3. The number of rotatable bonds is 12. The molecule has 4 amide bonds. The highest BCUT2D eigenvalue weighted by atomic mass is 16.5. The molecule has 0 spiro atoms. The molecule has 346 valence electrons. The molecule has 0 unspecified atom stereocenters. The van der Waals surface area contributed by atoms with Gasteiger partial charge in [0.2, 0.25) is 11.8 Å². The lowest BCUT2D eigenvalue weighted by molar-refractivity contribution is -0.140. The minimum atomic E-state index is -0.682. The molecule has 2 saturated carbocycles. The van der Waals surface area contributed by atoms with Crippen molar-refractivity contribution in [2.45, 2.75) is 116 Å². The van der Waals surface area contributed by atoms with E-state index < -0.39 is 24.3 Å². The van der Waals surface area contributed by atoms with Gasteiger partial charge < -0.3 is 39.9 Å². The lowest BCUT2D eigenvalue weighted by Crippen LogP contribution is -2.54. The number of piperidine rings is 2. The Labute approximate surface area is 386 Å². The Morgan fingerprint density at radius 3 is 1.55 bits per heavy atom. The third-order valence-corrected chi connectivity index (χ3v) is 14.7. The number of carbonyl (C=O) groups excluding carboxylic acids is 4. The van der Waals surface area contributed by atoms with Crippen LogP contribution in [0, 0.1) is 23.7 Å². The summed E-state index contributed by atoms with van der Waals surface area (Å²) in [4.78, 5) is 73.6. The molecule has 0 radical (unpaired) electrons. The number of likely N-dealkylation sites (tertiary alicyclic amines) is 2. The molecule has 8 atom stereocenters. The van der Waals surface area contributed by atoms with E-state index in [2.05, 4.69) is 95.1 Å². The molecule has 5 aromatic rings. The van der Waals surface area contributed by atoms with Gasteiger partial charge in [-0.3, -0.25) is 9.59 Å². The Balaban J connectivity index is 0.888. The van der Waals surface area contributed by atoms with E-state index in [1.807, 2.05) is 49.6 Å². The van der Waals surface area contributed by atoms with E-state index in [4.69, 9.17) is 19.4 Å². The van der Waals surface area contributed by atoms with Crippen molar-refractivity contribution in [2.24, 2.45) is 23.7 Å². The Kier molecular flexibility index (Phi) is 12.3. The van der Waals surface area contributed by atoms with Gasteiger partial charge in [-0.05, 0) is 134 Å². The molecule has 2 aliphatic carbocycles. The fourth-order valence-corrected chi connectivity index (χ4v) is 11.2. The number of H-pyrrole nitrogens is 2. The molecule has 2 aromatic heterocycles. The second-order valence-electron chi connectivity index (χ2n) is 19.5. The standard InChI is InChI=1S/C52H62N8O6/c1-27(2)43(57-51(63)65-7)49(61)59-37-19-15-35(23-37)45(59)47-53-39-21-17-33(25-41(39)55-47)30(6)10-9-29(5)31-11-13-32(14-12-31)34-18-22-40-42(26-34)56-48(54-40)46-36-16-20-38(24-36)60(46)50(62)44(28(3)4)58-52(64)66-8/h9-14,17-18,21-22,25-28,35-38,43-46H,15-16,19-20,23-24H2,1-8H3,(H,53,55)(H,54,56)(H,57,63)(H,58,64)/b29-9+,30-10+/t35-,36-,37+,38+,43-,44-,45-,46-/m0/s1. The van der Waals surface area contributed by atoms with E-state index in [0.717, 1.165) is 106 Å². The molecule has 2 aliphatic heterocycles. The third-order valence-electron chi connectivity index (χ3n) is 14.7. The summed E-state index contributed by atoms with van der Waals surface area (Å²) in [6.07, 6.45) is 8.95. The average Bonchev–Trinajstić information content (AvgIpc) is 4.20. The number of nitrogens with zero attached hydrogens (tertiary/aromatic N) is 4. The summed E-state index contributed by atoms with van der Waals surface area (Å²) in [7, 11) is 2.63. The quantitative estimate of drug-likeness (QED) is 0.0896. The molecule has 4 aliphatic rings. The zero-order chi connectivity index (χ0) is 46.6. The van der Waals surface area contributed by atoms with E-state index in [9.17, 15) is 19.2 Å². The molecular weight excluding hydrogens is 833 g/mol. The Morgan fingerprint density at radius 1 is 0.621 bits per heavy atom. The van der Waals surface area contributed by atoms with Crippen molar-refractivity contribution in [3.63, 3.8) is 0 Å². The monoisotopic (exact) mass is 894 g/mol. The summed E-state index contributed by atoms with van der Waals surface area (Å²) in [5, 5.41) is 5.55. The van der Waals surface area contributed by atoms with Crippen LogP contribution in [-0.4, -0.2) is 92.1 Å². The Hall–Kier alpha value is -6.44. The van der Waals surface area contributed by atoms with Gasteiger partial charge >= 0.3 is 12.2 Å². The molecule has 14 nitrogen and oxygen atoms in total. The number of methoxy groups -OCH3 is 2. The van der Waals surface area contributed by atoms with Crippen molar-refractivity contribution in [1.82, 2.24) is 40.4 Å². The number of carbonyl (C=O) groups is 4. The molecule has 4 heterocycles. The second-order valence-corrected chi connectivity index (χ2v) is 19.5. The van der Waals surface area contributed by atoms with Crippen LogP contribution in [0.5, 0.6) is 0 Å². The average molecular weight is 895 g/mol. The van der Waals surface area contributed by atoms with Crippen molar-refractivity contribution in [1.29, 1.82) is 0 Å². The molecular formula is C52H62N8O6. The predicted octanol–water partition coefficient (Wildman–Crippen LogP) is 9.48. The normalized spacial score (nSPS) is 23.6. The number of aromatic nitrogens is 4. The zero-order valence-corrected chi connectivity index (χ0v) is 39.2. The molecule has 9 rings (SSSR count). The largest absolute Gasteiger partial charge is 0.453 e. The van der Waals surface area contributed by atoms with Crippen LogP contribution in [0.2, 0.25) is 0 Å². The van der Waals surface area contributed by atoms with Crippen molar-refractivity contribution in [3.8, 4) is 11.1 Å². The van der Waals surface area contributed by atoms with Gasteiger partial charge in [0.05, 0.1) is 48.4 Å². The molecule has 4 bridgehead atoms. The number of aromatic amines is 2. The Bertz CT molecular complexity index is 2730. The number of hydrogen-bond donors (Lipinski definition) is 4. The smallest absolute Gasteiger partial charge is 0.407 e. The minimum absolute atomic E-state index is 0.0858. The molecule has 3 aromatic carbocycles. The van der Waals surface area contributed by atoms with Crippen LogP contribution in [0.25, 0.3) is 44.3 Å². The first-order chi connectivity index (χ1) is 31.7. The highest BCUT2D eigenvalue weighted by Crippen LogP contribution is 2.51. The maximum Gasteiger partial charge on any atom is 0.407 e. The maximum atomic E-state index is 14.0. The first-order valence-corrected chi connectivity index (χ1v) is 23.5. The molecule has 4 fully saturated rings. The Morgan fingerprint density at radius 2 is 1.06 bits per heavy atom. The number of fused-ring (bicyclic) bond motifs is 6. The lowest BCUT2D eigenvalue weighted by atomic mass is 9.95. The number of nitrogens with one attached hydrogen (secondary N) is 4. The van der Waals surface area contributed by atoms with Crippen LogP contribution in [-0.2, 0) is 19.1 Å². The minimum Gasteiger partial charge on any atom is -0.453 e. The number of ether oxygens (including phenoxy) is 2. The van der Waals surface area contributed by atoms with Gasteiger partial charge in [-0.25, -0.2) is 19.6 Å². The third kappa shape index (κ3) is 8.34. The van der Waals surface area contributed by atoms with Crippen LogP contribution >= 0.6 is 0 Å². The molecule has 2 saturated heterocycles. The summed E-state index contributed by atoms with van der Waals surface area (Å²) >= 11 is 0. The zero-order valence-electron chi connectivity index (χ0n) is 39.2. The van der Waals surface area contributed by atoms with E-state index in [-0.39, 0.29) is 47.8 Å². The predicted molar refractivity (Wildman–Crippen MR) is 255 cm³/mol. The van der Waals surface area contributed by atoms with Crippen molar-refractivity contribution >= 4 is 57.2 Å². The second kappa shape index (κ2) is 18.1. The summed E-state index contributed by atoms with van der Waals surface area (Å²) in [6.45, 7) is 12.0. The van der Waals surface area contributed by atoms with Crippen LogP contribution in [0.15, 0.2) is 72.8 Å². The summed E-state index contributed by atoms with van der Waals surface area (Å²) < 4.78 is 9.69. The first kappa shape index (κ1) is 44.7. The number of imidazole rings is 2. The highest BCUT2D eigenvalue weighted by molar-refractivity contribution is 5.89. The topological polar surface area (TPSA) is 175 Å². The molecule has 66 heavy (non-hydrogen) atoms. The fourth-order valence-electron chi connectivity index (χ4n) is 11.2. The fraction of sp³-hybridized carbons (Fsp3) is 0.462. The van der Waals surface area contributed by atoms with Gasteiger partial charge in [0.15, 0.2) is 0 Å². The van der Waals surface area contributed by atoms with Crippen LogP contribution < -0.4 is 10.6 Å². The van der Waals surface area contributed by atoms with Crippen LogP contribution in [0.1, 0.15) is 115 Å². The van der Waals surface area contributed by atoms with E-state index in [0.29, 0.717) is 11.8 Å². The summed E-state index contributed by atoms with van der Waals surface area (Å²) in [6, 6.07) is 19.6. The van der Waals surface area contributed by atoms with Crippen LogP contribution in [0.3, 0.4) is 0 Å². The van der Waals surface area contributed by atoms with Gasteiger partial charge in [-0.15, -0.1) is 0 Å². The number of allylic oxidation sites excluding steroid dienone is 4. The highest BCUT2D eigenvalue weighted by Gasteiger charge is 2.53. The SMILES string of the molecule is COC(=O)N[C@H](C(=O)N1[C@@H]2CC[C@@H](C2)[C@H]1c1nc2ccc(/C(C)=C/C=C(\C)c3ccc(-c4ccc5nc([C@@H]6[C@H]7CC[C@H](C7)N6C(=O)[C@@H](NC(=O)OC)C(C)C)[nH]c5c4)cc3)cc2[nH]1)C(C)C. The van der Waals surface area contributed by atoms with Gasteiger partial charge in [0.1, 0.15) is 23.7 Å².